The summed E-state index contributed by atoms with van der Waals surface area (Å²) < 4.78 is 22.7. The summed E-state index contributed by atoms with van der Waals surface area (Å²) in [5, 5.41) is 39.2. The summed E-state index contributed by atoms with van der Waals surface area (Å²) in [7, 11) is 0. The molecule has 9 nitrogen and oxygen atoms in total. The second-order valence-corrected chi connectivity index (χ2v) is 4.63. The van der Waals surface area contributed by atoms with Gasteiger partial charge in [0.15, 0.2) is 18.5 Å². The van der Waals surface area contributed by atoms with Crippen molar-refractivity contribution >= 4 is 5.69 Å². The Labute approximate surface area is 123 Å². The van der Waals surface area contributed by atoms with Gasteiger partial charge in [0, 0.05) is 12.1 Å². The van der Waals surface area contributed by atoms with Crippen LogP contribution >= 0.6 is 0 Å². The van der Waals surface area contributed by atoms with Crippen LogP contribution in [0, 0.1) is 10.1 Å². The van der Waals surface area contributed by atoms with E-state index < -0.39 is 42.2 Å². The summed E-state index contributed by atoms with van der Waals surface area (Å²) in [6.07, 6.45) is -7.46. The zero-order valence-electron chi connectivity index (χ0n) is 11.1. The summed E-state index contributed by atoms with van der Waals surface area (Å²) >= 11 is 0. The van der Waals surface area contributed by atoms with E-state index >= 15 is 0 Å². The van der Waals surface area contributed by atoms with Crippen LogP contribution in [-0.2, 0) is 9.68 Å². The molecular formula is C12H14FNO8. The molecule has 0 amide bonds. The van der Waals surface area contributed by atoms with Crippen LogP contribution in [-0.4, -0.2) is 57.6 Å². The molecule has 1 aliphatic rings. The molecule has 1 aromatic rings. The average Bonchev–Trinajstić information content (AvgIpc) is 2.51. The van der Waals surface area contributed by atoms with Crippen molar-refractivity contribution in [3.05, 3.63) is 34.4 Å². The lowest BCUT2D eigenvalue weighted by atomic mass is 9.99. The number of nitro benzene ring substituents is 1. The van der Waals surface area contributed by atoms with Gasteiger partial charge in [0.05, 0.1) is 11.5 Å². The first-order valence-electron chi connectivity index (χ1n) is 6.29. The maximum absolute atomic E-state index is 12.6. The van der Waals surface area contributed by atoms with Gasteiger partial charge in [-0.15, -0.1) is 0 Å². The summed E-state index contributed by atoms with van der Waals surface area (Å²) in [4.78, 5) is 13.5. The van der Waals surface area contributed by atoms with E-state index in [1.54, 1.807) is 0 Å². The number of aliphatic hydroxyl groups excluding tert-OH is 3. The number of benzene rings is 1. The van der Waals surface area contributed by atoms with E-state index in [2.05, 4.69) is 4.94 Å². The fourth-order valence-corrected chi connectivity index (χ4v) is 2.09. The monoisotopic (exact) mass is 319 g/mol. The Morgan fingerprint density at radius 1 is 1.27 bits per heavy atom. The van der Waals surface area contributed by atoms with Crippen LogP contribution in [0.15, 0.2) is 24.3 Å². The lowest BCUT2D eigenvalue weighted by Crippen LogP contribution is -2.60. The minimum atomic E-state index is -1.76. The van der Waals surface area contributed by atoms with Crippen molar-refractivity contribution in [3.8, 4) is 5.75 Å². The number of nitrogens with zero attached hydrogens (tertiary/aromatic N) is 1. The molecule has 0 spiro atoms. The van der Waals surface area contributed by atoms with Gasteiger partial charge < -0.3 is 24.8 Å². The van der Waals surface area contributed by atoms with E-state index in [0.717, 1.165) is 12.1 Å². The van der Waals surface area contributed by atoms with Gasteiger partial charge in [-0.2, -0.15) is 4.94 Å². The number of rotatable bonds is 5. The zero-order chi connectivity index (χ0) is 16.3. The van der Waals surface area contributed by atoms with Crippen LogP contribution in [0.3, 0.4) is 0 Å². The quantitative estimate of drug-likeness (QED) is 0.497. The molecule has 1 saturated heterocycles. The second kappa shape index (κ2) is 6.94. The van der Waals surface area contributed by atoms with E-state index in [1.807, 2.05) is 0 Å². The molecule has 1 fully saturated rings. The number of halogens is 1. The average molecular weight is 319 g/mol. The number of ether oxygens (including phenoxy) is 2. The topological polar surface area (TPSA) is 132 Å². The summed E-state index contributed by atoms with van der Waals surface area (Å²) in [6, 6.07) is 4.81. The lowest BCUT2D eigenvalue weighted by Gasteiger charge is -2.40. The molecule has 5 atom stereocenters. The Hall–Kier alpha value is -1.85. The van der Waals surface area contributed by atoms with Crippen molar-refractivity contribution in [2.45, 2.75) is 30.7 Å². The van der Waals surface area contributed by atoms with Crippen molar-refractivity contribution in [2.24, 2.45) is 0 Å². The number of aliphatic hydroxyl groups is 3. The molecule has 3 N–H and O–H groups in total. The molecule has 0 radical (unpaired) electrons. The van der Waals surface area contributed by atoms with Crippen molar-refractivity contribution in [2.75, 3.05) is 6.61 Å². The van der Waals surface area contributed by atoms with E-state index in [9.17, 15) is 24.9 Å². The fourth-order valence-electron chi connectivity index (χ4n) is 2.09. The SMILES string of the molecule is O=[N+]([O-])c1ccc(O[C@H]2[C@H](O)[C@@H](CO)O[C@@H](O)[C@@H]2OF)cc1. The minimum absolute atomic E-state index is 0.0856. The molecule has 2 rings (SSSR count). The van der Waals surface area contributed by atoms with Gasteiger partial charge in [-0.05, 0) is 16.7 Å². The van der Waals surface area contributed by atoms with Gasteiger partial charge in [-0.1, -0.05) is 0 Å². The molecule has 0 aliphatic carbocycles. The molecule has 1 aromatic carbocycles. The molecule has 10 heteroatoms. The van der Waals surface area contributed by atoms with Gasteiger partial charge in [0.25, 0.3) is 5.69 Å². The Balaban J connectivity index is 2.17. The largest absolute Gasteiger partial charge is 0.485 e. The fraction of sp³-hybridized carbons (Fsp3) is 0.500. The van der Waals surface area contributed by atoms with Crippen LogP contribution < -0.4 is 4.74 Å². The molecule has 0 aromatic heterocycles. The number of non-ortho nitro benzene ring substituents is 1. The van der Waals surface area contributed by atoms with Crippen molar-refractivity contribution < 1.29 is 39.2 Å². The normalized spacial score (nSPS) is 31.7. The Morgan fingerprint density at radius 2 is 1.91 bits per heavy atom. The summed E-state index contributed by atoms with van der Waals surface area (Å²) in [6.45, 7) is -0.628. The second-order valence-electron chi connectivity index (χ2n) is 4.63. The van der Waals surface area contributed by atoms with E-state index in [0.29, 0.717) is 0 Å². The maximum atomic E-state index is 12.6. The van der Waals surface area contributed by atoms with Gasteiger partial charge in [-0.25, -0.2) is 0 Å². The van der Waals surface area contributed by atoms with Gasteiger partial charge >= 0.3 is 0 Å². The highest BCUT2D eigenvalue weighted by Gasteiger charge is 2.47. The van der Waals surface area contributed by atoms with Gasteiger partial charge in [-0.3, -0.25) is 10.1 Å². The highest BCUT2D eigenvalue weighted by Crippen LogP contribution is 2.27. The van der Waals surface area contributed by atoms with Crippen molar-refractivity contribution in [1.29, 1.82) is 0 Å². The molecule has 1 heterocycles. The van der Waals surface area contributed by atoms with Crippen LogP contribution in [0.2, 0.25) is 0 Å². The Bertz CT molecular complexity index is 512. The summed E-state index contributed by atoms with van der Waals surface area (Å²) in [5.74, 6) is 0.0856. The number of hydrogen-bond acceptors (Lipinski definition) is 8. The van der Waals surface area contributed by atoms with Crippen LogP contribution in [0.1, 0.15) is 0 Å². The van der Waals surface area contributed by atoms with E-state index in [4.69, 9.17) is 14.6 Å². The molecule has 122 valence electrons. The molecule has 0 saturated carbocycles. The van der Waals surface area contributed by atoms with Crippen LogP contribution in [0.5, 0.6) is 5.75 Å². The molecule has 0 unspecified atom stereocenters. The lowest BCUT2D eigenvalue weighted by molar-refractivity contribution is -0.384. The third kappa shape index (κ3) is 3.31. The third-order valence-electron chi connectivity index (χ3n) is 3.24. The van der Waals surface area contributed by atoms with Crippen LogP contribution in [0.25, 0.3) is 0 Å². The third-order valence-corrected chi connectivity index (χ3v) is 3.24. The first kappa shape index (κ1) is 16.5. The van der Waals surface area contributed by atoms with Gasteiger partial charge in [0.1, 0.15) is 18.0 Å². The molecular weight excluding hydrogens is 305 g/mol. The van der Waals surface area contributed by atoms with Crippen LogP contribution in [0.4, 0.5) is 10.2 Å². The number of nitro groups is 1. The van der Waals surface area contributed by atoms with E-state index in [1.165, 1.54) is 12.1 Å². The molecule has 22 heavy (non-hydrogen) atoms. The molecule has 0 bridgehead atoms. The standard InChI is InChI=1S/C12H14FNO8/c13-22-11-10(9(16)8(5-15)21-12(11)17)20-7-3-1-6(2-4-7)14(18)19/h1-4,8-12,15-17H,5H2/t8-,9-,10+,11-,12-/m1/s1. The van der Waals surface area contributed by atoms with Crippen molar-refractivity contribution in [1.82, 2.24) is 0 Å². The minimum Gasteiger partial charge on any atom is -0.485 e. The Kier molecular flexibility index (Phi) is 5.21. The number of hydrogen-bond donors (Lipinski definition) is 3. The first-order valence-corrected chi connectivity index (χ1v) is 6.29. The zero-order valence-corrected chi connectivity index (χ0v) is 11.1. The Morgan fingerprint density at radius 3 is 2.41 bits per heavy atom. The van der Waals surface area contributed by atoms with Crippen molar-refractivity contribution in [3.63, 3.8) is 0 Å². The van der Waals surface area contributed by atoms with Gasteiger partial charge in [0.2, 0.25) is 0 Å². The highest BCUT2D eigenvalue weighted by atomic mass is 19.3. The first-order chi connectivity index (χ1) is 10.5. The highest BCUT2D eigenvalue weighted by molar-refractivity contribution is 5.36. The predicted molar refractivity (Wildman–Crippen MR) is 67.5 cm³/mol. The smallest absolute Gasteiger partial charge is 0.269 e. The summed E-state index contributed by atoms with van der Waals surface area (Å²) in [5.41, 5.74) is -0.175. The molecule has 1 aliphatic heterocycles. The maximum Gasteiger partial charge on any atom is 0.269 e. The van der Waals surface area contributed by atoms with E-state index in [-0.39, 0.29) is 11.4 Å². The predicted octanol–water partition coefficient (Wildman–Crippen LogP) is -0.318.